The highest BCUT2D eigenvalue weighted by atomic mass is 16.5. The van der Waals surface area contributed by atoms with Gasteiger partial charge in [0, 0.05) is 54.8 Å². The Bertz CT molecular complexity index is 1300. The van der Waals surface area contributed by atoms with Crippen LogP contribution in [0.25, 0.3) is 22.2 Å². The van der Waals surface area contributed by atoms with E-state index in [1.54, 1.807) is 0 Å². The standard InChI is InChI=1S/C29H35N5O2/c1-3-36-23-14-15-24-26(18-23)34(22-8-5-9-22)28(27(24)25-16-17-33(2)32-25)19-10-12-21(13-11-19)31-29(35)30-20-6-4-7-20/h10-15,18,20,22H,3-9,16-17H2,1-2H3,(H2,30,31,35). The molecule has 1 aromatic heterocycles. The molecule has 6 rings (SSSR count). The van der Waals surface area contributed by atoms with Gasteiger partial charge in [0.15, 0.2) is 0 Å². The third-order valence-corrected chi connectivity index (χ3v) is 7.84. The van der Waals surface area contributed by atoms with Crippen LogP contribution in [0.1, 0.15) is 63.5 Å². The van der Waals surface area contributed by atoms with Crippen molar-refractivity contribution < 1.29 is 9.53 Å². The van der Waals surface area contributed by atoms with Crippen molar-refractivity contribution in [3.8, 4) is 17.0 Å². The second-order valence-electron chi connectivity index (χ2n) is 10.3. The zero-order valence-electron chi connectivity index (χ0n) is 21.2. The summed E-state index contributed by atoms with van der Waals surface area (Å²) in [5.74, 6) is 0.906. The molecule has 0 spiro atoms. The van der Waals surface area contributed by atoms with E-state index in [1.165, 1.54) is 47.8 Å². The van der Waals surface area contributed by atoms with E-state index in [4.69, 9.17) is 9.84 Å². The van der Waals surface area contributed by atoms with Crippen LogP contribution in [0.5, 0.6) is 5.75 Å². The van der Waals surface area contributed by atoms with Crippen molar-refractivity contribution in [1.29, 1.82) is 0 Å². The van der Waals surface area contributed by atoms with E-state index in [0.29, 0.717) is 18.7 Å². The molecular formula is C29H35N5O2. The molecule has 0 saturated heterocycles. The van der Waals surface area contributed by atoms with Gasteiger partial charge in [-0.2, -0.15) is 5.10 Å². The first-order chi connectivity index (χ1) is 17.6. The number of anilines is 1. The van der Waals surface area contributed by atoms with Gasteiger partial charge in [0.2, 0.25) is 0 Å². The smallest absolute Gasteiger partial charge is 0.319 e. The quantitative estimate of drug-likeness (QED) is 0.422. The summed E-state index contributed by atoms with van der Waals surface area (Å²) < 4.78 is 8.42. The van der Waals surface area contributed by atoms with Gasteiger partial charge < -0.3 is 19.9 Å². The fourth-order valence-electron chi connectivity index (χ4n) is 5.51. The summed E-state index contributed by atoms with van der Waals surface area (Å²) in [6, 6.07) is 15.4. The molecule has 0 radical (unpaired) electrons. The number of aromatic nitrogens is 1. The van der Waals surface area contributed by atoms with E-state index in [1.807, 2.05) is 31.1 Å². The van der Waals surface area contributed by atoms with Crippen molar-refractivity contribution in [2.24, 2.45) is 5.10 Å². The van der Waals surface area contributed by atoms with E-state index < -0.39 is 0 Å². The summed E-state index contributed by atoms with van der Waals surface area (Å²) >= 11 is 0. The first-order valence-corrected chi connectivity index (χ1v) is 13.4. The monoisotopic (exact) mass is 485 g/mol. The number of hydrazone groups is 1. The van der Waals surface area contributed by atoms with Crippen molar-refractivity contribution in [2.75, 3.05) is 25.5 Å². The fraction of sp³-hybridized carbons (Fsp3) is 0.448. The Labute approximate surface area is 212 Å². The molecule has 2 aromatic carbocycles. The number of urea groups is 1. The maximum atomic E-state index is 12.4. The first-order valence-electron chi connectivity index (χ1n) is 13.4. The third kappa shape index (κ3) is 4.21. The average molecular weight is 486 g/mol. The van der Waals surface area contributed by atoms with Crippen molar-refractivity contribution in [3.05, 3.63) is 48.0 Å². The second-order valence-corrected chi connectivity index (χ2v) is 10.3. The number of fused-ring (bicyclic) bond motifs is 1. The van der Waals surface area contributed by atoms with Crippen LogP contribution in [0.15, 0.2) is 47.6 Å². The number of ether oxygens (including phenoxy) is 1. The number of carbonyl (C=O) groups excluding carboxylic acids is 1. The summed E-state index contributed by atoms with van der Waals surface area (Å²) in [7, 11) is 2.04. The molecule has 2 N–H and O–H groups in total. The van der Waals surface area contributed by atoms with Gasteiger partial charge >= 0.3 is 6.03 Å². The molecule has 188 valence electrons. The normalized spacial score (nSPS) is 18.1. The van der Waals surface area contributed by atoms with Gasteiger partial charge in [0.05, 0.1) is 23.5 Å². The second kappa shape index (κ2) is 9.52. The third-order valence-electron chi connectivity index (χ3n) is 7.84. The number of carbonyl (C=O) groups is 1. The minimum Gasteiger partial charge on any atom is -0.494 e. The lowest BCUT2D eigenvalue weighted by molar-refractivity contribution is 0.240. The van der Waals surface area contributed by atoms with Crippen molar-refractivity contribution in [3.63, 3.8) is 0 Å². The van der Waals surface area contributed by atoms with Crippen LogP contribution >= 0.6 is 0 Å². The largest absolute Gasteiger partial charge is 0.494 e. The zero-order chi connectivity index (χ0) is 24.6. The summed E-state index contributed by atoms with van der Waals surface area (Å²) in [4.78, 5) is 12.4. The minimum atomic E-state index is -0.122. The molecule has 0 atom stereocenters. The van der Waals surface area contributed by atoms with Gasteiger partial charge in [-0.05, 0) is 75.3 Å². The molecule has 3 aliphatic rings. The van der Waals surface area contributed by atoms with E-state index in [2.05, 4.69) is 45.5 Å². The van der Waals surface area contributed by atoms with Crippen LogP contribution in [-0.2, 0) is 0 Å². The highest BCUT2D eigenvalue weighted by Gasteiger charge is 2.31. The van der Waals surface area contributed by atoms with Crippen LogP contribution in [-0.4, -0.2) is 47.6 Å². The van der Waals surface area contributed by atoms with E-state index in [-0.39, 0.29) is 6.03 Å². The Balaban J connectivity index is 1.43. The summed E-state index contributed by atoms with van der Waals surface area (Å²) in [5.41, 5.74) is 6.76. The Morgan fingerprint density at radius 3 is 2.47 bits per heavy atom. The van der Waals surface area contributed by atoms with Gasteiger partial charge in [0.25, 0.3) is 0 Å². The number of hydrogen-bond acceptors (Lipinski definition) is 4. The summed E-state index contributed by atoms with van der Waals surface area (Å²) in [6.07, 6.45) is 7.90. The predicted octanol–water partition coefficient (Wildman–Crippen LogP) is 6.15. The SMILES string of the molecule is CCOc1ccc2c(C3=NN(C)CC3)c(-c3ccc(NC(=O)NC4CCC4)cc3)n(C3CCC3)c2c1. The van der Waals surface area contributed by atoms with Crippen molar-refractivity contribution in [2.45, 2.75) is 64.0 Å². The Morgan fingerprint density at radius 2 is 1.86 bits per heavy atom. The van der Waals surface area contributed by atoms with Crippen LogP contribution in [0.3, 0.4) is 0 Å². The molecule has 1 aliphatic heterocycles. The topological polar surface area (TPSA) is 70.9 Å². The van der Waals surface area contributed by atoms with Crippen molar-refractivity contribution >= 4 is 28.3 Å². The van der Waals surface area contributed by atoms with Gasteiger partial charge in [-0.15, -0.1) is 0 Å². The molecule has 2 aliphatic carbocycles. The number of nitrogens with zero attached hydrogens (tertiary/aromatic N) is 3. The molecule has 0 unspecified atom stereocenters. The zero-order valence-corrected chi connectivity index (χ0v) is 21.2. The Hall–Kier alpha value is -3.48. The Kier molecular flexibility index (Phi) is 6.07. The molecule has 3 aromatic rings. The molecule has 2 saturated carbocycles. The van der Waals surface area contributed by atoms with E-state index in [0.717, 1.165) is 48.5 Å². The first kappa shape index (κ1) is 23.0. The average Bonchev–Trinajstić information content (AvgIpc) is 3.37. The van der Waals surface area contributed by atoms with Gasteiger partial charge in [-0.3, -0.25) is 5.01 Å². The lowest BCUT2D eigenvalue weighted by atomic mass is 9.91. The number of hydrogen-bond donors (Lipinski definition) is 2. The Morgan fingerprint density at radius 1 is 1.08 bits per heavy atom. The van der Waals surface area contributed by atoms with Crippen LogP contribution in [0, 0.1) is 0 Å². The molecule has 2 amide bonds. The minimum absolute atomic E-state index is 0.122. The molecule has 0 bridgehead atoms. The number of amides is 2. The molecule has 2 fully saturated rings. The molecule has 7 heteroatoms. The number of nitrogens with one attached hydrogen (secondary N) is 2. The number of rotatable bonds is 7. The fourth-order valence-corrected chi connectivity index (χ4v) is 5.51. The lowest BCUT2D eigenvalue weighted by Gasteiger charge is -2.30. The van der Waals surface area contributed by atoms with Gasteiger partial charge in [-0.1, -0.05) is 12.1 Å². The summed E-state index contributed by atoms with van der Waals surface area (Å²) in [6.45, 7) is 3.60. The highest BCUT2D eigenvalue weighted by Crippen LogP contribution is 2.44. The molecular weight excluding hydrogens is 450 g/mol. The van der Waals surface area contributed by atoms with Crippen LogP contribution < -0.4 is 15.4 Å². The van der Waals surface area contributed by atoms with Gasteiger partial charge in [0.1, 0.15) is 5.75 Å². The van der Waals surface area contributed by atoms with E-state index >= 15 is 0 Å². The molecule has 36 heavy (non-hydrogen) atoms. The number of benzene rings is 2. The molecule has 2 heterocycles. The summed E-state index contributed by atoms with van der Waals surface area (Å²) in [5, 5.41) is 14.2. The maximum absolute atomic E-state index is 12.4. The highest BCUT2D eigenvalue weighted by molar-refractivity contribution is 6.16. The van der Waals surface area contributed by atoms with Crippen molar-refractivity contribution in [1.82, 2.24) is 14.9 Å². The molecule has 7 nitrogen and oxygen atoms in total. The van der Waals surface area contributed by atoms with Crippen LogP contribution in [0.4, 0.5) is 10.5 Å². The lowest BCUT2D eigenvalue weighted by Crippen LogP contribution is -2.41. The maximum Gasteiger partial charge on any atom is 0.319 e. The van der Waals surface area contributed by atoms with E-state index in [9.17, 15) is 4.79 Å². The predicted molar refractivity (Wildman–Crippen MR) is 145 cm³/mol. The van der Waals surface area contributed by atoms with Crippen LogP contribution in [0.2, 0.25) is 0 Å². The van der Waals surface area contributed by atoms with Gasteiger partial charge in [-0.25, -0.2) is 4.79 Å².